The van der Waals surface area contributed by atoms with E-state index in [0.717, 1.165) is 34.6 Å². The standard InChI is InChI=1S/C15H11N3O/c1-2-7-13-11(5-1)14(17-19-13)15-12-6-3-4-9-18(12)10-8-16-15/h1-8,10H,9H2. The van der Waals surface area contributed by atoms with Gasteiger partial charge in [-0.3, -0.25) is 4.99 Å². The van der Waals surface area contributed by atoms with Gasteiger partial charge in [0.15, 0.2) is 5.58 Å². The molecule has 4 rings (SSSR count). The van der Waals surface area contributed by atoms with E-state index in [1.807, 2.05) is 36.5 Å². The summed E-state index contributed by atoms with van der Waals surface area (Å²) in [5.74, 6) is 0. The maximum absolute atomic E-state index is 5.36. The molecule has 4 heteroatoms. The highest BCUT2D eigenvalue weighted by molar-refractivity contribution is 6.17. The molecule has 2 aliphatic rings. The van der Waals surface area contributed by atoms with Crippen LogP contribution in [0.3, 0.4) is 0 Å². The fourth-order valence-electron chi connectivity index (χ4n) is 2.38. The molecule has 0 radical (unpaired) electrons. The van der Waals surface area contributed by atoms with Gasteiger partial charge in [-0.1, -0.05) is 29.4 Å². The number of aromatic nitrogens is 1. The second kappa shape index (κ2) is 3.95. The zero-order valence-corrected chi connectivity index (χ0v) is 10.2. The van der Waals surface area contributed by atoms with Crippen molar-refractivity contribution in [2.75, 3.05) is 6.54 Å². The summed E-state index contributed by atoms with van der Waals surface area (Å²) in [4.78, 5) is 6.62. The van der Waals surface area contributed by atoms with Crippen LogP contribution in [0.2, 0.25) is 0 Å². The van der Waals surface area contributed by atoms with Crippen LogP contribution < -0.4 is 0 Å². The summed E-state index contributed by atoms with van der Waals surface area (Å²) < 4.78 is 5.36. The van der Waals surface area contributed by atoms with Crippen LogP contribution in [0, 0.1) is 0 Å². The van der Waals surface area contributed by atoms with Crippen molar-refractivity contribution in [1.29, 1.82) is 0 Å². The zero-order chi connectivity index (χ0) is 12.7. The summed E-state index contributed by atoms with van der Waals surface area (Å²) in [6.07, 6.45) is 9.98. The third-order valence-electron chi connectivity index (χ3n) is 3.30. The summed E-state index contributed by atoms with van der Waals surface area (Å²) in [6.45, 7) is 0.858. The van der Waals surface area contributed by atoms with Crippen LogP contribution in [0.1, 0.15) is 5.69 Å². The minimum Gasteiger partial charge on any atom is -0.356 e. The Bertz CT molecular complexity index is 765. The molecule has 0 fully saturated rings. The van der Waals surface area contributed by atoms with E-state index in [-0.39, 0.29) is 0 Å². The first-order valence-corrected chi connectivity index (χ1v) is 6.16. The fraction of sp³-hybridized carbons (Fsp3) is 0.0667. The summed E-state index contributed by atoms with van der Waals surface area (Å²) in [7, 11) is 0. The average Bonchev–Trinajstić information content (AvgIpc) is 2.90. The molecule has 0 spiro atoms. The SMILES string of the molecule is C1=CCN2C=CN=C(c3noc4ccccc34)C2=C1. The van der Waals surface area contributed by atoms with Crippen LogP contribution in [-0.4, -0.2) is 22.3 Å². The molecule has 0 amide bonds. The Balaban J connectivity index is 1.92. The molecule has 92 valence electrons. The van der Waals surface area contributed by atoms with Gasteiger partial charge in [0.1, 0.15) is 11.4 Å². The molecule has 0 atom stereocenters. The van der Waals surface area contributed by atoms with Crippen molar-refractivity contribution in [1.82, 2.24) is 10.1 Å². The monoisotopic (exact) mass is 249 g/mol. The number of nitrogens with zero attached hydrogens (tertiary/aromatic N) is 3. The molecule has 19 heavy (non-hydrogen) atoms. The summed E-state index contributed by atoms with van der Waals surface area (Å²) in [5.41, 5.74) is 3.50. The van der Waals surface area contributed by atoms with E-state index in [2.05, 4.69) is 27.2 Å². The van der Waals surface area contributed by atoms with E-state index in [1.54, 1.807) is 6.20 Å². The van der Waals surface area contributed by atoms with Gasteiger partial charge in [0.05, 0.1) is 11.1 Å². The molecule has 0 bridgehead atoms. The van der Waals surface area contributed by atoms with Crippen molar-refractivity contribution in [3.63, 3.8) is 0 Å². The highest BCUT2D eigenvalue weighted by Crippen LogP contribution is 2.25. The van der Waals surface area contributed by atoms with Gasteiger partial charge >= 0.3 is 0 Å². The van der Waals surface area contributed by atoms with E-state index in [4.69, 9.17) is 4.52 Å². The fourth-order valence-corrected chi connectivity index (χ4v) is 2.38. The summed E-state index contributed by atoms with van der Waals surface area (Å²) in [5, 5.41) is 5.17. The third kappa shape index (κ3) is 1.53. The molecule has 1 aromatic heterocycles. The second-order valence-electron chi connectivity index (χ2n) is 4.44. The quantitative estimate of drug-likeness (QED) is 0.780. The Hall–Kier alpha value is -2.62. The number of allylic oxidation sites excluding steroid dienone is 3. The smallest absolute Gasteiger partial charge is 0.167 e. The number of rotatable bonds is 1. The molecule has 1 aromatic carbocycles. The van der Waals surface area contributed by atoms with Crippen LogP contribution in [0.5, 0.6) is 0 Å². The zero-order valence-electron chi connectivity index (χ0n) is 10.2. The van der Waals surface area contributed by atoms with Crippen molar-refractivity contribution in [3.05, 3.63) is 66.3 Å². The highest BCUT2D eigenvalue weighted by Gasteiger charge is 2.23. The predicted molar refractivity (Wildman–Crippen MR) is 73.6 cm³/mol. The van der Waals surface area contributed by atoms with Crippen molar-refractivity contribution < 1.29 is 4.52 Å². The second-order valence-corrected chi connectivity index (χ2v) is 4.44. The van der Waals surface area contributed by atoms with Gasteiger partial charge in [-0.05, 0) is 18.2 Å². The lowest BCUT2D eigenvalue weighted by molar-refractivity contribution is 0.453. The highest BCUT2D eigenvalue weighted by atomic mass is 16.5. The van der Waals surface area contributed by atoms with Gasteiger partial charge in [0.25, 0.3) is 0 Å². The van der Waals surface area contributed by atoms with Crippen LogP contribution in [-0.2, 0) is 0 Å². The van der Waals surface area contributed by atoms with Crippen LogP contribution in [0.4, 0.5) is 0 Å². The number of para-hydroxylation sites is 1. The molecule has 0 saturated heterocycles. The number of aliphatic imine (C=N–C) groups is 1. The lowest BCUT2D eigenvalue weighted by Crippen LogP contribution is -2.27. The molecule has 2 aliphatic heterocycles. The van der Waals surface area contributed by atoms with Gasteiger partial charge in [-0.2, -0.15) is 0 Å². The maximum atomic E-state index is 5.36. The van der Waals surface area contributed by atoms with Gasteiger partial charge in [-0.15, -0.1) is 0 Å². The predicted octanol–water partition coefficient (Wildman–Crippen LogP) is 2.86. The topological polar surface area (TPSA) is 41.6 Å². The Labute approximate surface area is 110 Å². The van der Waals surface area contributed by atoms with E-state index in [9.17, 15) is 0 Å². The lowest BCUT2D eigenvalue weighted by atomic mass is 10.1. The molecule has 4 nitrogen and oxygen atoms in total. The largest absolute Gasteiger partial charge is 0.356 e. The van der Waals surface area contributed by atoms with Gasteiger partial charge in [0.2, 0.25) is 0 Å². The molecular weight excluding hydrogens is 238 g/mol. The minimum absolute atomic E-state index is 0.785. The van der Waals surface area contributed by atoms with E-state index >= 15 is 0 Å². The average molecular weight is 249 g/mol. The number of benzene rings is 1. The third-order valence-corrected chi connectivity index (χ3v) is 3.30. The summed E-state index contributed by atoms with van der Waals surface area (Å²) in [6, 6.07) is 7.84. The van der Waals surface area contributed by atoms with E-state index in [0.29, 0.717) is 0 Å². The molecule has 2 aromatic rings. The van der Waals surface area contributed by atoms with Gasteiger partial charge in [0, 0.05) is 18.9 Å². The number of hydrogen-bond donors (Lipinski definition) is 0. The molecule has 0 N–H and O–H groups in total. The first-order chi connectivity index (χ1) is 9.43. The normalized spacial score (nSPS) is 17.4. The summed E-state index contributed by atoms with van der Waals surface area (Å²) >= 11 is 0. The van der Waals surface area contributed by atoms with Crippen LogP contribution in [0.25, 0.3) is 11.0 Å². The van der Waals surface area contributed by atoms with Crippen molar-refractivity contribution in [3.8, 4) is 0 Å². The van der Waals surface area contributed by atoms with Crippen molar-refractivity contribution >= 4 is 16.7 Å². The van der Waals surface area contributed by atoms with Gasteiger partial charge < -0.3 is 9.42 Å². The van der Waals surface area contributed by atoms with Crippen molar-refractivity contribution in [2.45, 2.75) is 0 Å². The molecule has 0 aliphatic carbocycles. The Kier molecular flexibility index (Phi) is 2.14. The van der Waals surface area contributed by atoms with Crippen molar-refractivity contribution in [2.24, 2.45) is 4.99 Å². The maximum Gasteiger partial charge on any atom is 0.167 e. The van der Waals surface area contributed by atoms with Crippen LogP contribution >= 0.6 is 0 Å². The molecule has 0 saturated carbocycles. The first kappa shape index (κ1) is 10.3. The Morgan fingerprint density at radius 1 is 1.21 bits per heavy atom. The Morgan fingerprint density at radius 2 is 2.16 bits per heavy atom. The first-order valence-electron chi connectivity index (χ1n) is 6.16. The Morgan fingerprint density at radius 3 is 3.16 bits per heavy atom. The molecule has 0 unspecified atom stereocenters. The van der Waals surface area contributed by atoms with Crippen LogP contribution in [0.15, 0.2) is 70.1 Å². The minimum atomic E-state index is 0.785. The number of hydrogen-bond acceptors (Lipinski definition) is 4. The van der Waals surface area contributed by atoms with E-state index < -0.39 is 0 Å². The molecular formula is C15H11N3O. The number of fused-ring (bicyclic) bond motifs is 2. The molecule has 3 heterocycles. The van der Waals surface area contributed by atoms with Gasteiger partial charge in [-0.25, -0.2) is 0 Å². The lowest BCUT2D eigenvalue weighted by Gasteiger charge is -2.26. The van der Waals surface area contributed by atoms with E-state index in [1.165, 1.54) is 0 Å².